The third kappa shape index (κ3) is 3.03. The predicted octanol–water partition coefficient (Wildman–Crippen LogP) is 2.27. The molecule has 1 aromatic rings. The first-order valence-corrected chi connectivity index (χ1v) is 5.32. The van der Waals surface area contributed by atoms with Crippen LogP contribution in [0.4, 0.5) is 0 Å². The van der Waals surface area contributed by atoms with E-state index in [0.717, 1.165) is 24.5 Å². The highest BCUT2D eigenvalue weighted by Gasteiger charge is 2.20. The zero-order valence-corrected chi connectivity index (χ0v) is 8.65. The molecule has 0 saturated heterocycles. The van der Waals surface area contributed by atoms with Crippen LogP contribution in [0.3, 0.4) is 0 Å². The van der Waals surface area contributed by atoms with Gasteiger partial charge in [-0.25, -0.2) is 4.98 Å². The fourth-order valence-electron chi connectivity index (χ4n) is 1.49. The lowest BCUT2D eigenvalue weighted by Crippen LogP contribution is -1.99. The van der Waals surface area contributed by atoms with E-state index in [1.807, 2.05) is 12.1 Å². The SMILES string of the molecule is N#Cc1ncccc1COCCC1CC1. The van der Waals surface area contributed by atoms with E-state index in [2.05, 4.69) is 11.1 Å². The van der Waals surface area contributed by atoms with Gasteiger partial charge in [0.1, 0.15) is 11.8 Å². The van der Waals surface area contributed by atoms with Crippen molar-refractivity contribution in [2.75, 3.05) is 6.61 Å². The molecule has 1 aliphatic rings. The van der Waals surface area contributed by atoms with Crippen molar-refractivity contribution in [3.63, 3.8) is 0 Å². The molecule has 1 aliphatic carbocycles. The maximum absolute atomic E-state index is 8.81. The van der Waals surface area contributed by atoms with Crippen molar-refractivity contribution < 1.29 is 4.74 Å². The lowest BCUT2D eigenvalue weighted by Gasteiger charge is -2.04. The zero-order chi connectivity index (χ0) is 10.5. The van der Waals surface area contributed by atoms with Crippen LogP contribution in [-0.2, 0) is 11.3 Å². The molecule has 0 aromatic carbocycles. The smallest absolute Gasteiger partial charge is 0.145 e. The van der Waals surface area contributed by atoms with Crippen LogP contribution in [0.1, 0.15) is 30.5 Å². The normalized spacial score (nSPS) is 14.9. The summed E-state index contributed by atoms with van der Waals surface area (Å²) in [5.74, 6) is 0.898. The van der Waals surface area contributed by atoms with Gasteiger partial charge in [0.15, 0.2) is 0 Å². The molecular formula is C12H14N2O. The van der Waals surface area contributed by atoms with Gasteiger partial charge in [-0.05, 0) is 18.4 Å². The molecular weight excluding hydrogens is 188 g/mol. The summed E-state index contributed by atoms with van der Waals surface area (Å²) in [6, 6.07) is 5.79. The van der Waals surface area contributed by atoms with E-state index in [1.54, 1.807) is 6.20 Å². The Morgan fingerprint density at radius 1 is 1.53 bits per heavy atom. The van der Waals surface area contributed by atoms with Crippen molar-refractivity contribution >= 4 is 0 Å². The van der Waals surface area contributed by atoms with E-state index < -0.39 is 0 Å². The molecule has 3 heteroatoms. The van der Waals surface area contributed by atoms with Crippen molar-refractivity contribution in [3.05, 3.63) is 29.6 Å². The highest BCUT2D eigenvalue weighted by atomic mass is 16.5. The number of aromatic nitrogens is 1. The molecule has 0 amide bonds. The monoisotopic (exact) mass is 202 g/mol. The summed E-state index contributed by atoms with van der Waals surface area (Å²) < 4.78 is 5.52. The van der Waals surface area contributed by atoms with Crippen LogP contribution >= 0.6 is 0 Å². The third-order valence-electron chi connectivity index (χ3n) is 2.62. The number of nitrogens with zero attached hydrogens (tertiary/aromatic N) is 2. The van der Waals surface area contributed by atoms with Crippen LogP contribution < -0.4 is 0 Å². The highest BCUT2D eigenvalue weighted by Crippen LogP contribution is 2.32. The van der Waals surface area contributed by atoms with Crippen molar-refractivity contribution in [2.24, 2.45) is 5.92 Å². The van der Waals surface area contributed by atoms with Crippen molar-refractivity contribution in [2.45, 2.75) is 25.9 Å². The summed E-state index contributed by atoms with van der Waals surface area (Å²) in [5.41, 5.74) is 1.36. The predicted molar refractivity (Wildman–Crippen MR) is 55.9 cm³/mol. The molecule has 78 valence electrons. The topological polar surface area (TPSA) is 45.9 Å². The average molecular weight is 202 g/mol. The summed E-state index contributed by atoms with van der Waals surface area (Å²) in [4.78, 5) is 3.98. The van der Waals surface area contributed by atoms with Crippen LogP contribution in [0.15, 0.2) is 18.3 Å². The van der Waals surface area contributed by atoms with E-state index in [1.165, 1.54) is 12.8 Å². The zero-order valence-electron chi connectivity index (χ0n) is 8.65. The van der Waals surface area contributed by atoms with Gasteiger partial charge in [0.25, 0.3) is 0 Å². The molecule has 0 unspecified atom stereocenters. The molecule has 2 rings (SSSR count). The number of nitriles is 1. The molecule has 1 heterocycles. The summed E-state index contributed by atoms with van der Waals surface area (Å²) >= 11 is 0. The maximum Gasteiger partial charge on any atom is 0.145 e. The number of rotatable bonds is 5. The molecule has 0 atom stereocenters. The Morgan fingerprint density at radius 2 is 2.40 bits per heavy atom. The number of pyridine rings is 1. The first kappa shape index (κ1) is 10.1. The number of hydrogen-bond acceptors (Lipinski definition) is 3. The lowest BCUT2D eigenvalue weighted by atomic mass is 10.2. The Labute approximate surface area is 89.7 Å². The van der Waals surface area contributed by atoms with Gasteiger partial charge in [0.05, 0.1) is 6.61 Å². The average Bonchev–Trinajstić information content (AvgIpc) is 3.09. The van der Waals surface area contributed by atoms with Gasteiger partial charge in [-0.3, -0.25) is 0 Å². The molecule has 0 spiro atoms. The Kier molecular flexibility index (Phi) is 3.31. The van der Waals surface area contributed by atoms with Gasteiger partial charge in [0.2, 0.25) is 0 Å². The first-order valence-electron chi connectivity index (χ1n) is 5.32. The summed E-state index contributed by atoms with van der Waals surface area (Å²) in [7, 11) is 0. The van der Waals surface area contributed by atoms with Crippen molar-refractivity contribution in [1.82, 2.24) is 4.98 Å². The quantitative estimate of drug-likeness (QED) is 0.688. The standard InChI is InChI=1S/C12H14N2O/c13-8-12-11(2-1-6-14-12)9-15-7-5-10-3-4-10/h1-2,6,10H,3-5,7,9H2. The van der Waals surface area contributed by atoms with Crippen LogP contribution in [0.5, 0.6) is 0 Å². The second-order valence-corrected chi connectivity index (χ2v) is 3.91. The second-order valence-electron chi connectivity index (χ2n) is 3.91. The van der Waals surface area contributed by atoms with Gasteiger partial charge in [-0.1, -0.05) is 18.9 Å². The molecule has 0 radical (unpaired) electrons. The molecule has 15 heavy (non-hydrogen) atoms. The Balaban J connectivity index is 1.79. The van der Waals surface area contributed by atoms with E-state index in [9.17, 15) is 0 Å². The third-order valence-corrected chi connectivity index (χ3v) is 2.62. The molecule has 1 aromatic heterocycles. The molecule has 1 saturated carbocycles. The minimum absolute atomic E-state index is 0.476. The summed E-state index contributed by atoms with van der Waals surface area (Å²) in [5, 5.41) is 8.81. The molecule has 3 nitrogen and oxygen atoms in total. The van der Waals surface area contributed by atoms with Crippen LogP contribution in [0, 0.1) is 17.2 Å². The van der Waals surface area contributed by atoms with Gasteiger partial charge < -0.3 is 4.74 Å². The lowest BCUT2D eigenvalue weighted by molar-refractivity contribution is 0.114. The number of hydrogen-bond donors (Lipinski definition) is 0. The summed E-state index contributed by atoms with van der Waals surface area (Å²) in [6.45, 7) is 1.30. The Hall–Kier alpha value is -1.40. The van der Waals surface area contributed by atoms with Gasteiger partial charge in [-0.2, -0.15) is 5.26 Å². The fraction of sp³-hybridized carbons (Fsp3) is 0.500. The van der Waals surface area contributed by atoms with Crippen LogP contribution in [0.2, 0.25) is 0 Å². The first-order chi connectivity index (χ1) is 7.40. The number of ether oxygens (including phenoxy) is 1. The van der Waals surface area contributed by atoms with E-state index in [-0.39, 0.29) is 0 Å². The molecule has 0 bridgehead atoms. The largest absolute Gasteiger partial charge is 0.377 e. The van der Waals surface area contributed by atoms with E-state index >= 15 is 0 Å². The fourth-order valence-corrected chi connectivity index (χ4v) is 1.49. The maximum atomic E-state index is 8.81. The van der Waals surface area contributed by atoms with E-state index in [0.29, 0.717) is 12.3 Å². The van der Waals surface area contributed by atoms with Crippen molar-refractivity contribution in [1.29, 1.82) is 5.26 Å². The molecule has 0 aliphatic heterocycles. The van der Waals surface area contributed by atoms with Crippen molar-refractivity contribution in [3.8, 4) is 6.07 Å². The Morgan fingerprint density at radius 3 is 3.13 bits per heavy atom. The van der Waals surface area contributed by atoms with Crippen LogP contribution in [-0.4, -0.2) is 11.6 Å². The summed E-state index contributed by atoms with van der Waals surface area (Å²) in [6.07, 6.45) is 5.51. The van der Waals surface area contributed by atoms with Gasteiger partial charge in [0, 0.05) is 18.4 Å². The van der Waals surface area contributed by atoms with Gasteiger partial charge in [-0.15, -0.1) is 0 Å². The Bertz CT molecular complexity index is 366. The molecule has 0 N–H and O–H groups in total. The highest BCUT2D eigenvalue weighted by molar-refractivity contribution is 5.29. The molecule has 1 fully saturated rings. The second kappa shape index (κ2) is 4.90. The van der Waals surface area contributed by atoms with Crippen LogP contribution in [0.25, 0.3) is 0 Å². The van der Waals surface area contributed by atoms with E-state index in [4.69, 9.17) is 10.00 Å². The van der Waals surface area contributed by atoms with Gasteiger partial charge >= 0.3 is 0 Å². The minimum atomic E-state index is 0.476. The minimum Gasteiger partial charge on any atom is -0.377 e.